The van der Waals surface area contributed by atoms with E-state index in [4.69, 9.17) is 0 Å². The van der Waals surface area contributed by atoms with Crippen molar-refractivity contribution < 1.29 is 0 Å². The van der Waals surface area contributed by atoms with Gasteiger partial charge >= 0.3 is 0 Å². The molecule has 0 atom stereocenters. The summed E-state index contributed by atoms with van der Waals surface area (Å²) in [4.78, 5) is 0. The summed E-state index contributed by atoms with van der Waals surface area (Å²) in [5, 5.41) is 0. The first-order valence-corrected chi connectivity index (χ1v) is 5.93. The fourth-order valence-electron chi connectivity index (χ4n) is 1.64. The lowest BCUT2D eigenvalue weighted by atomic mass is 9.85. The summed E-state index contributed by atoms with van der Waals surface area (Å²) in [6.07, 6.45) is 0. The maximum atomic E-state index is 2.38. The predicted molar refractivity (Wildman–Crippen MR) is 60.1 cm³/mol. The molecule has 1 aliphatic rings. The van der Waals surface area contributed by atoms with Crippen LogP contribution >= 0.6 is 11.8 Å². The van der Waals surface area contributed by atoms with Crippen LogP contribution in [-0.4, -0.2) is 0 Å². The lowest BCUT2D eigenvalue weighted by molar-refractivity contribution is 0.589. The van der Waals surface area contributed by atoms with Crippen LogP contribution < -0.4 is 0 Å². The van der Waals surface area contributed by atoms with Gasteiger partial charge in [0.15, 0.2) is 0 Å². The molecule has 0 aliphatic carbocycles. The zero-order valence-electron chi connectivity index (χ0n) is 8.55. The zero-order chi connectivity index (χ0) is 9.47. The summed E-state index contributed by atoms with van der Waals surface area (Å²) in [6.45, 7) is 6.82. The largest absolute Gasteiger partial charge is 0.152 e. The Balaban J connectivity index is 2.42. The van der Waals surface area contributed by atoms with Crippen LogP contribution in [-0.2, 0) is 16.9 Å². The Bertz CT molecular complexity index is 320. The van der Waals surface area contributed by atoms with Crippen LogP contribution in [0.3, 0.4) is 0 Å². The van der Waals surface area contributed by atoms with Crippen molar-refractivity contribution in [1.82, 2.24) is 0 Å². The van der Waals surface area contributed by atoms with E-state index in [0.29, 0.717) is 5.41 Å². The molecule has 0 saturated heterocycles. The number of fused-ring (bicyclic) bond motifs is 1. The standard InChI is InChI=1S/C12H16S/c1-12(2,3)11-5-4-9-7-13-8-10(9)6-11/h4-6H,7-8H2,1-3H3. The number of benzene rings is 1. The molecule has 0 radical (unpaired) electrons. The predicted octanol–water partition coefficient (Wildman–Crippen LogP) is 3.73. The van der Waals surface area contributed by atoms with Gasteiger partial charge in [-0.3, -0.25) is 0 Å². The summed E-state index contributed by atoms with van der Waals surface area (Å²) in [6, 6.07) is 6.97. The molecule has 1 heterocycles. The minimum absolute atomic E-state index is 0.294. The van der Waals surface area contributed by atoms with Crippen LogP contribution in [0.2, 0.25) is 0 Å². The summed E-state index contributed by atoms with van der Waals surface area (Å²) in [5.41, 5.74) is 4.85. The van der Waals surface area contributed by atoms with Gasteiger partial charge in [0.2, 0.25) is 0 Å². The van der Waals surface area contributed by atoms with Crippen LogP contribution in [0.15, 0.2) is 18.2 Å². The molecule has 0 bridgehead atoms. The van der Waals surface area contributed by atoms with Crippen molar-refractivity contribution in [2.24, 2.45) is 0 Å². The van der Waals surface area contributed by atoms with Gasteiger partial charge in [0.1, 0.15) is 0 Å². The van der Waals surface area contributed by atoms with Crippen molar-refractivity contribution in [2.45, 2.75) is 37.7 Å². The molecule has 0 fully saturated rings. The number of thioether (sulfide) groups is 1. The van der Waals surface area contributed by atoms with E-state index in [1.807, 2.05) is 11.8 Å². The molecule has 1 aromatic rings. The topological polar surface area (TPSA) is 0 Å². The van der Waals surface area contributed by atoms with Crippen LogP contribution in [0, 0.1) is 0 Å². The van der Waals surface area contributed by atoms with Crippen LogP contribution in [0.1, 0.15) is 37.5 Å². The van der Waals surface area contributed by atoms with E-state index in [1.165, 1.54) is 22.6 Å². The van der Waals surface area contributed by atoms with Gasteiger partial charge < -0.3 is 0 Å². The van der Waals surface area contributed by atoms with Crippen molar-refractivity contribution in [1.29, 1.82) is 0 Å². The van der Waals surface area contributed by atoms with Gasteiger partial charge in [-0.25, -0.2) is 0 Å². The van der Waals surface area contributed by atoms with Gasteiger partial charge in [-0.15, -0.1) is 0 Å². The fraction of sp³-hybridized carbons (Fsp3) is 0.500. The van der Waals surface area contributed by atoms with E-state index in [1.54, 1.807) is 5.56 Å². The molecule has 0 unspecified atom stereocenters. The van der Waals surface area contributed by atoms with E-state index in [-0.39, 0.29) is 0 Å². The number of hydrogen-bond donors (Lipinski definition) is 0. The minimum atomic E-state index is 0.294. The van der Waals surface area contributed by atoms with Crippen molar-refractivity contribution in [3.8, 4) is 0 Å². The van der Waals surface area contributed by atoms with Crippen LogP contribution in [0.5, 0.6) is 0 Å². The minimum Gasteiger partial charge on any atom is -0.152 e. The first kappa shape index (κ1) is 9.14. The molecular formula is C12H16S. The highest BCUT2D eigenvalue weighted by Crippen LogP contribution is 2.33. The lowest BCUT2D eigenvalue weighted by Gasteiger charge is -2.19. The summed E-state index contributed by atoms with van der Waals surface area (Å²) >= 11 is 2.02. The molecule has 1 aliphatic heterocycles. The van der Waals surface area contributed by atoms with Gasteiger partial charge in [-0.1, -0.05) is 39.0 Å². The lowest BCUT2D eigenvalue weighted by Crippen LogP contribution is -2.11. The second-order valence-electron chi connectivity index (χ2n) is 4.73. The van der Waals surface area contributed by atoms with E-state index in [0.717, 1.165) is 0 Å². The Kier molecular flexibility index (Phi) is 2.15. The maximum absolute atomic E-state index is 2.38. The SMILES string of the molecule is CC(C)(C)c1ccc2c(c1)CSC2. The van der Waals surface area contributed by atoms with E-state index >= 15 is 0 Å². The van der Waals surface area contributed by atoms with E-state index in [2.05, 4.69) is 39.0 Å². The Labute approximate surface area is 84.7 Å². The molecule has 0 amide bonds. The third-order valence-corrected chi connectivity index (χ3v) is 3.62. The van der Waals surface area contributed by atoms with Gasteiger partial charge in [-0.05, 0) is 22.1 Å². The molecule has 13 heavy (non-hydrogen) atoms. The molecule has 0 saturated carbocycles. The molecule has 0 aromatic heterocycles. The monoisotopic (exact) mass is 192 g/mol. The molecule has 1 heteroatoms. The second kappa shape index (κ2) is 3.06. The number of hydrogen-bond acceptors (Lipinski definition) is 1. The summed E-state index contributed by atoms with van der Waals surface area (Å²) in [5.74, 6) is 2.42. The molecule has 0 nitrogen and oxygen atoms in total. The van der Waals surface area contributed by atoms with Crippen molar-refractivity contribution in [2.75, 3.05) is 0 Å². The Morgan fingerprint density at radius 1 is 1.08 bits per heavy atom. The smallest absolute Gasteiger partial charge is 0.0191 e. The molecule has 0 N–H and O–H groups in total. The fourth-order valence-corrected chi connectivity index (χ4v) is 2.73. The van der Waals surface area contributed by atoms with E-state index in [9.17, 15) is 0 Å². The van der Waals surface area contributed by atoms with Crippen molar-refractivity contribution in [3.63, 3.8) is 0 Å². The van der Waals surface area contributed by atoms with Crippen molar-refractivity contribution >= 4 is 11.8 Å². The molecule has 2 rings (SSSR count). The second-order valence-corrected chi connectivity index (χ2v) is 5.71. The quantitative estimate of drug-likeness (QED) is 0.603. The summed E-state index contributed by atoms with van der Waals surface area (Å²) < 4.78 is 0. The first-order chi connectivity index (χ1) is 6.07. The first-order valence-electron chi connectivity index (χ1n) is 4.77. The Morgan fingerprint density at radius 3 is 2.46 bits per heavy atom. The van der Waals surface area contributed by atoms with Gasteiger partial charge in [-0.2, -0.15) is 11.8 Å². The van der Waals surface area contributed by atoms with Crippen LogP contribution in [0.4, 0.5) is 0 Å². The molecular weight excluding hydrogens is 176 g/mol. The highest BCUT2D eigenvalue weighted by Gasteiger charge is 2.17. The Morgan fingerprint density at radius 2 is 1.77 bits per heavy atom. The third kappa shape index (κ3) is 1.76. The van der Waals surface area contributed by atoms with Gasteiger partial charge in [0.05, 0.1) is 0 Å². The average Bonchev–Trinajstić information content (AvgIpc) is 2.47. The zero-order valence-corrected chi connectivity index (χ0v) is 9.37. The summed E-state index contributed by atoms with van der Waals surface area (Å²) in [7, 11) is 0. The highest BCUT2D eigenvalue weighted by atomic mass is 32.2. The molecule has 0 spiro atoms. The number of rotatable bonds is 0. The van der Waals surface area contributed by atoms with Gasteiger partial charge in [0, 0.05) is 11.5 Å². The van der Waals surface area contributed by atoms with Gasteiger partial charge in [0.25, 0.3) is 0 Å². The van der Waals surface area contributed by atoms with Crippen LogP contribution in [0.25, 0.3) is 0 Å². The maximum Gasteiger partial charge on any atom is 0.0191 e. The third-order valence-electron chi connectivity index (χ3n) is 2.59. The average molecular weight is 192 g/mol. The van der Waals surface area contributed by atoms with Crippen molar-refractivity contribution in [3.05, 3.63) is 34.9 Å². The normalized spacial score (nSPS) is 15.9. The van der Waals surface area contributed by atoms with E-state index < -0.39 is 0 Å². The molecule has 1 aromatic carbocycles. The molecule has 70 valence electrons. The highest BCUT2D eigenvalue weighted by molar-refractivity contribution is 7.98. The Hall–Kier alpha value is -0.430.